The van der Waals surface area contributed by atoms with Crippen molar-refractivity contribution in [3.05, 3.63) is 42.3 Å². The Hall–Kier alpha value is -2.66. The predicted octanol–water partition coefficient (Wildman–Crippen LogP) is 2.81. The molecule has 1 aliphatic rings. The van der Waals surface area contributed by atoms with Gasteiger partial charge in [-0.2, -0.15) is 5.10 Å². The molecular weight excluding hydrogens is 434 g/mol. The fourth-order valence-corrected chi connectivity index (χ4v) is 4.05. The molecule has 162 valence electrons. The number of nitrogens with one attached hydrogen (secondary N) is 2. The van der Waals surface area contributed by atoms with Crippen LogP contribution < -0.4 is 10.6 Å². The average Bonchev–Trinajstić information content (AvgIpc) is 3.46. The lowest BCUT2D eigenvalue weighted by atomic mass is 10.1. The molecule has 0 saturated carbocycles. The van der Waals surface area contributed by atoms with Gasteiger partial charge in [0.2, 0.25) is 5.13 Å². The number of hydrogen-bond acceptors (Lipinski definition) is 9. The average molecular weight is 458 g/mol. The Morgan fingerprint density at radius 3 is 2.81 bits per heavy atom. The zero-order valence-electron chi connectivity index (χ0n) is 16.9. The molecule has 0 atom stereocenters. The maximum atomic E-state index is 4.67. The molecule has 4 aromatic rings. The molecule has 0 unspecified atom stereocenters. The van der Waals surface area contributed by atoms with Crippen LogP contribution in [0.4, 0.5) is 10.9 Å². The van der Waals surface area contributed by atoms with E-state index in [1.54, 1.807) is 5.51 Å². The number of hydrogen-bond donors (Lipinski definition) is 2. The van der Waals surface area contributed by atoms with Gasteiger partial charge in [-0.25, -0.2) is 4.98 Å². The van der Waals surface area contributed by atoms with E-state index >= 15 is 0 Å². The number of rotatable bonds is 7. The van der Waals surface area contributed by atoms with Gasteiger partial charge in [0.15, 0.2) is 0 Å². The van der Waals surface area contributed by atoms with Gasteiger partial charge >= 0.3 is 0 Å². The lowest BCUT2D eigenvalue weighted by molar-refractivity contribution is 0.233. The van der Waals surface area contributed by atoms with Gasteiger partial charge in [-0.05, 0) is 31.2 Å². The van der Waals surface area contributed by atoms with Crippen molar-refractivity contribution < 1.29 is 0 Å². The van der Waals surface area contributed by atoms with Gasteiger partial charge in [-0.1, -0.05) is 11.3 Å². The quantitative estimate of drug-likeness (QED) is 0.437. The first-order valence-electron chi connectivity index (χ1n) is 10.1. The van der Waals surface area contributed by atoms with Crippen molar-refractivity contribution in [1.29, 1.82) is 0 Å². The number of aryl methyl sites for hydroxylation is 1. The molecule has 0 amide bonds. The highest BCUT2D eigenvalue weighted by molar-refractivity contribution is 7.13. The molecule has 0 bridgehead atoms. The summed E-state index contributed by atoms with van der Waals surface area (Å²) in [5.41, 5.74) is 5.43. The summed E-state index contributed by atoms with van der Waals surface area (Å²) in [6.07, 6.45) is 6.96. The van der Waals surface area contributed by atoms with Crippen molar-refractivity contribution in [2.45, 2.75) is 13.0 Å². The van der Waals surface area contributed by atoms with E-state index < -0.39 is 0 Å². The van der Waals surface area contributed by atoms with Crippen LogP contribution in [0.3, 0.4) is 0 Å². The molecule has 1 fully saturated rings. The van der Waals surface area contributed by atoms with Gasteiger partial charge in [0.05, 0.1) is 17.2 Å². The highest BCUT2D eigenvalue weighted by Crippen LogP contribution is 2.24. The van der Waals surface area contributed by atoms with E-state index in [1.165, 1.54) is 11.3 Å². The maximum Gasteiger partial charge on any atom is 0.210 e. The Morgan fingerprint density at radius 1 is 1.06 bits per heavy atom. The van der Waals surface area contributed by atoms with Gasteiger partial charge in [0.25, 0.3) is 0 Å². The van der Waals surface area contributed by atoms with E-state index in [0.717, 1.165) is 73.7 Å². The molecule has 0 spiro atoms. The standard InChI is InChI=1S/C20H23N9S.ClH/c1(6-28-8-4-21-5-9-28)7-29-13-16(12-24-29)15-10-18-17(22-11-15)2-3-19(25-18)26-20-27-23-14-30-20;/h2-3,10-14,21H,1,4-9H2,(H,25,26,27);1H. The normalized spacial score (nSPS) is 14.5. The number of aromatic nitrogens is 6. The summed E-state index contributed by atoms with van der Waals surface area (Å²) in [4.78, 5) is 11.7. The van der Waals surface area contributed by atoms with Crippen LogP contribution in [0.1, 0.15) is 6.42 Å². The van der Waals surface area contributed by atoms with Crippen LogP contribution in [0.15, 0.2) is 42.3 Å². The Bertz CT molecular complexity index is 1110. The van der Waals surface area contributed by atoms with Crippen LogP contribution in [0, 0.1) is 0 Å². The summed E-state index contributed by atoms with van der Waals surface area (Å²) < 4.78 is 2.02. The van der Waals surface area contributed by atoms with Gasteiger partial charge in [-0.15, -0.1) is 22.6 Å². The second kappa shape index (κ2) is 10.1. The molecule has 0 aliphatic carbocycles. The lowest BCUT2D eigenvalue weighted by Gasteiger charge is -2.26. The van der Waals surface area contributed by atoms with E-state index in [-0.39, 0.29) is 12.4 Å². The molecule has 5 heterocycles. The molecular formula is C20H24ClN9S. The van der Waals surface area contributed by atoms with Crippen molar-refractivity contribution in [2.75, 3.05) is 38.0 Å². The second-order valence-corrected chi connectivity index (χ2v) is 8.10. The van der Waals surface area contributed by atoms with Crippen molar-refractivity contribution in [1.82, 2.24) is 40.2 Å². The van der Waals surface area contributed by atoms with Crippen LogP contribution in [-0.4, -0.2) is 67.6 Å². The molecule has 0 aromatic carbocycles. The molecule has 4 aromatic heterocycles. The SMILES string of the molecule is Cl.c1nnc(Nc2ccc3ncc(-c4cnn(CCCN5CCNCC5)c4)cc3n2)s1. The molecule has 1 aliphatic heterocycles. The van der Waals surface area contributed by atoms with E-state index in [4.69, 9.17) is 0 Å². The fourth-order valence-electron chi connectivity index (χ4n) is 3.60. The molecule has 9 nitrogen and oxygen atoms in total. The number of fused-ring (bicyclic) bond motifs is 1. The fraction of sp³-hybridized carbons (Fsp3) is 0.350. The maximum absolute atomic E-state index is 4.67. The van der Waals surface area contributed by atoms with Crippen LogP contribution >= 0.6 is 23.7 Å². The van der Waals surface area contributed by atoms with E-state index in [1.807, 2.05) is 29.2 Å². The smallest absolute Gasteiger partial charge is 0.210 e. The first-order valence-corrected chi connectivity index (χ1v) is 11.0. The van der Waals surface area contributed by atoms with Crippen molar-refractivity contribution in [3.63, 3.8) is 0 Å². The summed E-state index contributed by atoms with van der Waals surface area (Å²) >= 11 is 1.44. The Morgan fingerprint density at radius 2 is 1.97 bits per heavy atom. The molecule has 31 heavy (non-hydrogen) atoms. The van der Waals surface area contributed by atoms with Crippen molar-refractivity contribution in [2.24, 2.45) is 0 Å². The minimum absolute atomic E-state index is 0. The van der Waals surface area contributed by atoms with Crippen LogP contribution in [0.25, 0.3) is 22.2 Å². The monoisotopic (exact) mass is 457 g/mol. The van der Waals surface area contributed by atoms with Gasteiger partial charge in [0, 0.05) is 56.2 Å². The third-order valence-corrected chi connectivity index (χ3v) is 5.78. The highest BCUT2D eigenvalue weighted by Gasteiger charge is 2.10. The number of nitrogens with zero attached hydrogens (tertiary/aromatic N) is 7. The summed E-state index contributed by atoms with van der Waals surface area (Å²) in [5.74, 6) is 0.724. The zero-order valence-corrected chi connectivity index (χ0v) is 18.6. The minimum atomic E-state index is 0. The summed E-state index contributed by atoms with van der Waals surface area (Å²) in [7, 11) is 0. The lowest BCUT2D eigenvalue weighted by Crippen LogP contribution is -2.43. The molecule has 0 radical (unpaired) electrons. The molecule has 5 rings (SSSR count). The summed E-state index contributed by atoms with van der Waals surface area (Å²) in [5, 5.41) is 19.6. The van der Waals surface area contributed by atoms with E-state index in [0.29, 0.717) is 5.13 Å². The van der Waals surface area contributed by atoms with Gasteiger partial charge in [0.1, 0.15) is 11.3 Å². The zero-order chi connectivity index (χ0) is 20.2. The second-order valence-electron chi connectivity index (χ2n) is 7.26. The third-order valence-electron chi connectivity index (χ3n) is 5.17. The Balaban J connectivity index is 0.00000231. The minimum Gasteiger partial charge on any atom is -0.315 e. The number of halogens is 1. The topological polar surface area (TPSA) is 96.7 Å². The Labute approximate surface area is 190 Å². The number of anilines is 2. The first-order chi connectivity index (χ1) is 14.8. The van der Waals surface area contributed by atoms with E-state index in [2.05, 4.69) is 53.1 Å². The van der Waals surface area contributed by atoms with Crippen molar-refractivity contribution in [3.8, 4) is 11.1 Å². The largest absolute Gasteiger partial charge is 0.315 e. The van der Waals surface area contributed by atoms with Crippen LogP contribution in [0.2, 0.25) is 0 Å². The van der Waals surface area contributed by atoms with Crippen LogP contribution in [0.5, 0.6) is 0 Å². The summed E-state index contributed by atoms with van der Waals surface area (Å²) in [6.45, 7) is 6.48. The third kappa shape index (κ3) is 5.34. The number of piperazine rings is 1. The highest BCUT2D eigenvalue weighted by atomic mass is 35.5. The molecule has 1 saturated heterocycles. The van der Waals surface area contributed by atoms with Crippen molar-refractivity contribution >= 4 is 45.7 Å². The van der Waals surface area contributed by atoms with Gasteiger partial charge < -0.3 is 15.5 Å². The Kier molecular flexibility index (Phi) is 7.03. The van der Waals surface area contributed by atoms with E-state index in [9.17, 15) is 0 Å². The molecule has 11 heteroatoms. The predicted molar refractivity (Wildman–Crippen MR) is 125 cm³/mol. The van der Waals surface area contributed by atoms with Gasteiger partial charge in [-0.3, -0.25) is 9.67 Å². The molecule has 2 N–H and O–H groups in total. The first kappa shape index (κ1) is 21.6. The number of pyridine rings is 2. The summed E-state index contributed by atoms with van der Waals surface area (Å²) in [6, 6.07) is 5.90. The van der Waals surface area contributed by atoms with Crippen LogP contribution in [-0.2, 0) is 6.54 Å².